The van der Waals surface area contributed by atoms with E-state index >= 15 is 0 Å². The third-order valence-corrected chi connectivity index (χ3v) is 6.52. The van der Waals surface area contributed by atoms with Gasteiger partial charge in [-0.1, -0.05) is 12.1 Å². The highest BCUT2D eigenvalue weighted by Gasteiger charge is 2.19. The van der Waals surface area contributed by atoms with Gasteiger partial charge in [0.1, 0.15) is 5.82 Å². The van der Waals surface area contributed by atoms with Gasteiger partial charge in [-0.15, -0.1) is 0 Å². The van der Waals surface area contributed by atoms with E-state index in [1.807, 2.05) is 50.2 Å². The van der Waals surface area contributed by atoms with Crippen LogP contribution in [-0.2, 0) is 6.54 Å². The number of fused-ring (bicyclic) bond motifs is 1. The van der Waals surface area contributed by atoms with Crippen molar-refractivity contribution in [3.8, 4) is 34.4 Å². The molecule has 0 aliphatic carbocycles. The molecule has 0 fully saturated rings. The van der Waals surface area contributed by atoms with Gasteiger partial charge in [-0.25, -0.2) is 4.98 Å². The Bertz CT molecular complexity index is 1320. The van der Waals surface area contributed by atoms with Gasteiger partial charge in [-0.3, -0.25) is 0 Å². The van der Waals surface area contributed by atoms with Crippen LogP contribution < -0.4 is 18.9 Å². The van der Waals surface area contributed by atoms with Crippen molar-refractivity contribution in [1.82, 2.24) is 9.55 Å². The van der Waals surface area contributed by atoms with Crippen molar-refractivity contribution in [1.29, 1.82) is 0 Å². The second-order valence-corrected chi connectivity index (χ2v) is 9.18. The van der Waals surface area contributed by atoms with Crippen LogP contribution in [0.5, 0.6) is 23.0 Å². The lowest BCUT2D eigenvalue weighted by molar-refractivity contribution is 0.309. The fourth-order valence-electron chi connectivity index (χ4n) is 3.97. The molecule has 1 aromatic heterocycles. The van der Waals surface area contributed by atoms with Crippen molar-refractivity contribution in [3.63, 3.8) is 0 Å². The normalized spacial score (nSPS) is 11.0. The molecule has 0 radical (unpaired) electrons. The fraction of sp³-hybridized carbons (Fsp3) is 0.269. The topological polar surface area (TPSA) is 54.7 Å². The fourth-order valence-corrected chi connectivity index (χ4v) is 5.23. The van der Waals surface area contributed by atoms with Crippen molar-refractivity contribution < 1.29 is 18.9 Å². The Kier molecular flexibility index (Phi) is 7.68. The van der Waals surface area contributed by atoms with Gasteiger partial charge >= 0.3 is 0 Å². The third-order valence-electron chi connectivity index (χ3n) is 5.34. The zero-order chi connectivity index (χ0) is 24.2. The summed E-state index contributed by atoms with van der Waals surface area (Å²) >= 11 is 7.27. The van der Waals surface area contributed by atoms with Crippen LogP contribution in [0.2, 0.25) is 0 Å². The summed E-state index contributed by atoms with van der Waals surface area (Å²) < 4.78 is 26.6. The Labute approximate surface area is 216 Å². The standard InChI is InChI=1S/C26H26Br2N2O4/c1-5-33-22-12-16(11-18(27)24(22)31-3)15-30-21-10-8-7-9-20(21)29-26(30)17-13-19(28)25(32-4)23(14-17)34-6-2/h7-14H,5-6,15H2,1-4H3. The predicted octanol–water partition coefficient (Wildman–Crippen LogP) is 7.09. The molecule has 1 heterocycles. The van der Waals surface area contributed by atoms with Crippen molar-refractivity contribution in [2.45, 2.75) is 20.4 Å². The zero-order valence-corrected chi connectivity index (χ0v) is 22.7. The van der Waals surface area contributed by atoms with E-state index < -0.39 is 0 Å². The zero-order valence-electron chi connectivity index (χ0n) is 19.5. The number of halogens is 2. The summed E-state index contributed by atoms with van der Waals surface area (Å²) in [6.07, 6.45) is 0. The van der Waals surface area contributed by atoms with E-state index in [-0.39, 0.29) is 0 Å². The molecule has 0 amide bonds. The number of hydrogen-bond donors (Lipinski definition) is 0. The molecule has 0 bridgehead atoms. The molecule has 0 atom stereocenters. The molecular formula is C26H26Br2N2O4. The number of imidazole rings is 1. The van der Waals surface area contributed by atoms with Crippen LogP contribution in [0.1, 0.15) is 19.4 Å². The van der Waals surface area contributed by atoms with Crippen LogP contribution in [0.4, 0.5) is 0 Å². The summed E-state index contributed by atoms with van der Waals surface area (Å²) in [5.41, 5.74) is 3.93. The van der Waals surface area contributed by atoms with Crippen molar-refractivity contribution in [2.24, 2.45) is 0 Å². The van der Waals surface area contributed by atoms with Gasteiger partial charge in [0.25, 0.3) is 0 Å². The molecule has 0 aliphatic heterocycles. The van der Waals surface area contributed by atoms with E-state index in [1.54, 1.807) is 14.2 Å². The molecule has 0 unspecified atom stereocenters. The Morgan fingerprint density at radius 1 is 0.824 bits per heavy atom. The smallest absolute Gasteiger partial charge is 0.174 e. The summed E-state index contributed by atoms with van der Waals surface area (Å²) in [5, 5.41) is 0. The minimum Gasteiger partial charge on any atom is -0.492 e. The first kappa shape index (κ1) is 24.4. The lowest BCUT2D eigenvalue weighted by atomic mass is 10.1. The molecule has 0 saturated carbocycles. The molecule has 0 spiro atoms. The minimum absolute atomic E-state index is 0.531. The maximum absolute atomic E-state index is 5.86. The second-order valence-electron chi connectivity index (χ2n) is 7.47. The number of ether oxygens (including phenoxy) is 4. The summed E-state index contributed by atoms with van der Waals surface area (Å²) in [6, 6.07) is 16.2. The minimum atomic E-state index is 0.531. The van der Waals surface area contributed by atoms with Crippen LogP contribution in [0, 0.1) is 0 Å². The first-order valence-electron chi connectivity index (χ1n) is 11.0. The van der Waals surface area contributed by atoms with Crippen LogP contribution in [0.15, 0.2) is 57.5 Å². The predicted molar refractivity (Wildman–Crippen MR) is 142 cm³/mol. The molecule has 3 aromatic carbocycles. The van der Waals surface area contributed by atoms with E-state index in [4.69, 9.17) is 23.9 Å². The average Bonchev–Trinajstić information content (AvgIpc) is 3.18. The van der Waals surface area contributed by atoms with Crippen molar-refractivity contribution >= 4 is 42.9 Å². The molecule has 0 saturated heterocycles. The average molecular weight is 590 g/mol. The summed E-state index contributed by atoms with van der Waals surface area (Å²) in [7, 11) is 3.27. The number of benzene rings is 3. The van der Waals surface area contributed by atoms with Crippen LogP contribution >= 0.6 is 31.9 Å². The first-order chi connectivity index (χ1) is 16.5. The van der Waals surface area contributed by atoms with Crippen LogP contribution in [0.25, 0.3) is 22.4 Å². The number of rotatable bonds is 9. The highest BCUT2D eigenvalue weighted by atomic mass is 79.9. The van der Waals surface area contributed by atoms with Gasteiger partial charge in [-0.05, 0) is 87.7 Å². The van der Waals surface area contributed by atoms with E-state index in [0.717, 1.165) is 36.9 Å². The monoisotopic (exact) mass is 588 g/mol. The van der Waals surface area contributed by atoms with Gasteiger partial charge in [0, 0.05) is 12.1 Å². The lowest BCUT2D eigenvalue weighted by Crippen LogP contribution is -2.05. The number of nitrogens with zero attached hydrogens (tertiary/aromatic N) is 2. The summed E-state index contributed by atoms with van der Waals surface area (Å²) in [5.74, 6) is 3.54. The van der Waals surface area contributed by atoms with Gasteiger partial charge in [-0.2, -0.15) is 0 Å². The first-order valence-corrected chi connectivity index (χ1v) is 12.5. The van der Waals surface area contributed by atoms with Crippen LogP contribution in [0.3, 0.4) is 0 Å². The van der Waals surface area contributed by atoms with Crippen molar-refractivity contribution in [2.75, 3.05) is 27.4 Å². The Morgan fingerprint density at radius 2 is 1.44 bits per heavy atom. The molecule has 4 aromatic rings. The number of hydrogen-bond acceptors (Lipinski definition) is 5. The largest absolute Gasteiger partial charge is 0.492 e. The van der Waals surface area contributed by atoms with Gasteiger partial charge in [0.15, 0.2) is 23.0 Å². The number of methoxy groups -OCH3 is 2. The highest BCUT2D eigenvalue weighted by Crippen LogP contribution is 2.41. The van der Waals surface area contributed by atoms with Gasteiger partial charge in [0.05, 0.1) is 47.4 Å². The SMILES string of the molecule is CCOc1cc(Cn2c(-c3cc(Br)c(OC)c(OCC)c3)nc3ccccc32)cc(Br)c1OC. The van der Waals surface area contributed by atoms with Gasteiger partial charge < -0.3 is 23.5 Å². The Morgan fingerprint density at radius 3 is 2.09 bits per heavy atom. The number of para-hydroxylation sites is 2. The molecule has 0 N–H and O–H groups in total. The lowest BCUT2D eigenvalue weighted by Gasteiger charge is -2.16. The molecular weight excluding hydrogens is 564 g/mol. The molecule has 6 nitrogen and oxygen atoms in total. The van der Waals surface area contributed by atoms with Gasteiger partial charge in [0.2, 0.25) is 0 Å². The Balaban J connectivity index is 1.88. The second kappa shape index (κ2) is 10.7. The number of aromatic nitrogens is 2. The summed E-state index contributed by atoms with van der Waals surface area (Å²) in [6.45, 7) is 5.58. The summed E-state index contributed by atoms with van der Waals surface area (Å²) in [4.78, 5) is 4.97. The molecule has 8 heteroatoms. The van der Waals surface area contributed by atoms with E-state index in [2.05, 4.69) is 48.6 Å². The molecule has 4 rings (SSSR count). The Hall–Kier alpha value is -2.71. The molecule has 178 valence electrons. The van der Waals surface area contributed by atoms with Crippen molar-refractivity contribution in [3.05, 3.63) is 63.0 Å². The maximum atomic E-state index is 5.86. The third kappa shape index (κ3) is 4.74. The maximum Gasteiger partial charge on any atom is 0.174 e. The van der Waals surface area contributed by atoms with E-state index in [9.17, 15) is 0 Å². The highest BCUT2D eigenvalue weighted by molar-refractivity contribution is 9.11. The molecule has 34 heavy (non-hydrogen) atoms. The van der Waals surface area contributed by atoms with E-state index in [1.165, 1.54) is 0 Å². The van der Waals surface area contributed by atoms with Crippen LogP contribution in [-0.4, -0.2) is 37.0 Å². The molecule has 0 aliphatic rings. The quantitative estimate of drug-likeness (QED) is 0.209. The van der Waals surface area contributed by atoms with E-state index in [0.29, 0.717) is 42.8 Å².